The second-order valence-electron chi connectivity index (χ2n) is 3.95. The van der Waals surface area contributed by atoms with Gasteiger partial charge in [-0.2, -0.15) is 10.2 Å². The highest BCUT2D eigenvalue weighted by molar-refractivity contribution is 9.10. The summed E-state index contributed by atoms with van der Waals surface area (Å²) in [5.41, 5.74) is 0.414. The van der Waals surface area contributed by atoms with Crippen molar-refractivity contribution in [1.29, 1.82) is 5.26 Å². The number of aromatic nitrogens is 2. The van der Waals surface area contributed by atoms with Crippen LogP contribution in [0.5, 0.6) is 5.75 Å². The van der Waals surface area contributed by atoms with Gasteiger partial charge in [0.15, 0.2) is 0 Å². The summed E-state index contributed by atoms with van der Waals surface area (Å²) in [4.78, 5) is 19.3. The van der Waals surface area contributed by atoms with Crippen molar-refractivity contribution in [3.8, 4) is 11.8 Å². The Kier molecular flexibility index (Phi) is 4.05. The van der Waals surface area contributed by atoms with Gasteiger partial charge in [0.1, 0.15) is 23.3 Å². The topological polar surface area (TPSA) is 82.0 Å². The number of nitriles is 1. The number of nitrogens with zero attached hydrogens (tertiary/aromatic N) is 3. The Morgan fingerprint density at radius 3 is 2.80 bits per heavy atom. The Balaban J connectivity index is 2.43. The zero-order valence-electron chi connectivity index (χ0n) is 10.8. The molecule has 7 heteroatoms. The van der Waals surface area contributed by atoms with Gasteiger partial charge in [0.2, 0.25) is 0 Å². The van der Waals surface area contributed by atoms with Gasteiger partial charge in [-0.05, 0) is 34.1 Å². The molecule has 0 atom stereocenters. The van der Waals surface area contributed by atoms with Crippen molar-refractivity contribution in [3.63, 3.8) is 0 Å². The predicted octanol–water partition coefficient (Wildman–Crippen LogP) is 2.18. The Labute approximate surface area is 123 Å². The number of anilines is 2. The molecule has 0 fully saturated rings. The molecule has 0 aliphatic rings. The first-order valence-corrected chi connectivity index (χ1v) is 6.43. The van der Waals surface area contributed by atoms with E-state index in [1.54, 1.807) is 25.1 Å². The fourth-order valence-corrected chi connectivity index (χ4v) is 2.20. The number of H-pyrrole nitrogens is 1. The molecule has 20 heavy (non-hydrogen) atoms. The van der Waals surface area contributed by atoms with Gasteiger partial charge in [-0.1, -0.05) is 0 Å². The molecule has 0 spiro atoms. The first kappa shape index (κ1) is 14.1. The molecule has 0 amide bonds. The Morgan fingerprint density at radius 2 is 2.20 bits per heavy atom. The summed E-state index contributed by atoms with van der Waals surface area (Å²) < 4.78 is 5.95. The lowest BCUT2D eigenvalue weighted by Crippen LogP contribution is -2.19. The fourth-order valence-electron chi connectivity index (χ4n) is 1.67. The third kappa shape index (κ3) is 2.81. The Hall–Kier alpha value is -2.33. The van der Waals surface area contributed by atoms with Crippen molar-refractivity contribution in [3.05, 3.63) is 44.9 Å². The molecule has 1 N–H and O–H groups in total. The van der Waals surface area contributed by atoms with Gasteiger partial charge in [0, 0.05) is 18.8 Å². The van der Waals surface area contributed by atoms with Gasteiger partial charge in [-0.25, -0.2) is 4.79 Å². The third-order valence-corrected chi connectivity index (χ3v) is 3.34. The summed E-state index contributed by atoms with van der Waals surface area (Å²) >= 11 is 3.40. The first-order chi connectivity index (χ1) is 9.55. The number of benzene rings is 1. The maximum atomic E-state index is 11.4. The van der Waals surface area contributed by atoms with Gasteiger partial charge in [-0.3, -0.25) is 4.98 Å². The smallest absolute Gasteiger partial charge is 0.347 e. The van der Waals surface area contributed by atoms with Crippen molar-refractivity contribution < 1.29 is 4.74 Å². The number of methoxy groups -OCH3 is 1. The molecule has 2 rings (SSSR count). The minimum atomic E-state index is -0.557. The van der Waals surface area contributed by atoms with Crippen molar-refractivity contribution in [1.82, 2.24) is 9.97 Å². The molecule has 0 aliphatic carbocycles. The van der Waals surface area contributed by atoms with E-state index in [1.807, 2.05) is 18.2 Å². The van der Waals surface area contributed by atoms with Crippen LogP contribution in [0.2, 0.25) is 0 Å². The second-order valence-corrected chi connectivity index (χ2v) is 4.80. The lowest BCUT2D eigenvalue weighted by atomic mass is 10.2. The van der Waals surface area contributed by atoms with Crippen LogP contribution >= 0.6 is 15.9 Å². The number of halogens is 1. The number of hydrogen-bond acceptors (Lipinski definition) is 5. The molecular formula is C13H11BrN4O2. The summed E-state index contributed by atoms with van der Waals surface area (Å²) in [6.45, 7) is 0. The molecule has 0 saturated heterocycles. The maximum Gasteiger partial charge on any atom is 0.347 e. The number of aromatic amines is 1. The molecule has 6 nitrogen and oxygen atoms in total. The minimum Gasteiger partial charge on any atom is -0.496 e. The molecule has 0 aliphatic heterocycles. The van der Waals surface area contributed by atoms with Crippen LogP contribution in [0.15, 0.2) is 33.5 Å². The normalized spacial score (nSPS) is 9.90. The summed E-state index contributed by atoms with van der Waals surface area (Å²) in [6.07, 6.45) is 0. The Bertz CT molecular complexity index is 736. The molecule has 0 saturated carbocycles. The van der Waals surface area contributed by atoms with Gasteiger partial charge in [0.25, 0.3) is 0 Å². The van der Waals surface area contributed by atoms with Crippen LogP contribution in [0.4, 0.5) is 11.5 Å². The van der Waals surface area contributed by atoms with Crippen molar-refractivity contribution in [2.75, 3.05) is 19.1 Å². The average molecular weight is 335 g/mol. The monoisotopic (exact) mass is 334 g/mol. The molecule has 1 aromatic carbocycles. The van der Waals surface area contributed by atoms with Crippen molar-refractivity contribution in [2.24, 2.45) is 0 Å². The third-order valence-electron chi connectivity index (χ3n) is 2.72. The minimum absolute atomic E-state index is 0.166. The standard InChI is InChI=1S/C13H11BrN4O2/c1-18(9-3-4-11(20-2)10(14)6-9)12-5-8(7-15)16-13(19)17-12/h3-6H,1-2H3,(H,16,17,19). The van der Waals surface area contributed by atoms with Crippen molar-refractivity contribution in [2.45, 2.75) is 0 Å². The summed E-state index contributed by atoms with van der Waals surface area (Å²) in [5.74, 6) is 1.10. The average Bonchev–Trinajstić information content (AvgIpc) is 2.45. The zero-order valence-corrected chi connectivity index (χ0v) is 12.4. The first-order valence-electron chi connectivity index (χ1n) is 5.64. The molecular weight excluding hydrogens is 324 g/mol. The molecule has 102 valence electrons. The van der Waals surface area contributed by atoms with E-state index in [2.05, 4.69) is 25.9 Å². The summed E-state index contributed by atoms with van der Waals surface area (Å²) in [6, 6.07) is 8.88. The van der Waals surface area contributed by atoms with E-state index in [1.165, 1.54) is 6.07 Å². The second kappa shape index (κ2) is 5.75. The maximum absolute atomic E-state index is 11.4. The molecule has 0 radical (unpaired) electrons. The molecule has 2 aromatic rings. The number of hydrogen-bond donors (Lipinski definition) is 1. The highest BCUT2D eigenvalue weighted by Crippen LogP contribution is 2.31. The lowest BCUT2D eigenvalue weighted by molar-refractivity contribution is 0.412. The van der Waals surface area contributed by atoms with Crippen LogP contribution in [0.1, 0.15) is 5.69 Å². The molecule has 0 bridgehead atoms. The fraction of sp³-hybridized carbons (Fsp3) is 0.154. The van der Waals surface area contributed by atoms with Crippen molar-refractivity contribution >= 4 is 27.4 Å². The van der Waals surface area contributed by atoms with E-state index in [4.69, 9.17) is 10.00 Å². The van der Waals surface area contributed by atoms with Crippen LogP contribution in [0.25, 0.3) is 0 Å². The number of rotatable bonds is 3. The van der Waals surface area contributed by atoms with E-state index < -0.39 is 5.69 Å². The molecule has 1 aromatic heterocycles. The predicted molar refractivity (Wildman–Crippen MR) is 78.3 cm³/mol. The van der Waals surface area contributed by atoms with Crippen LogP contribution < -0.4 is 15.3 Å². The summed E-state index contributed by atoms with van der Waals surface area (Å²) in [5, 5.41) is 8.86. The highest BCUT2D eigenvalue weighted by atomic mass is 79.9. The number of nitrogens with one attached hydrogen (secondary N) is 1. The van der Waals surface area contributed by atoms with Crippen LogP contribution in [-0.4, -0.2) is 24.1 Å². The van der Waals surface area contributed by atoms with Crippen LogP contribution in [0.3, 0.4) is 0 Å². The van der Waals surface area contributed by atoms with Gasteiger partial charge in [0.05, 0.1) is 11.6 Å². The quantitative estimate of drug-likeness (QED) is 0.930. The van der Waals surface area contributed by atoms with Gasteiger partial charge in [-0.15, -0.1) is 0 Å². The molecule has 0 unspecified atom stereocenters. The lowest BCUT2D eigenvalue weighted by Gasteiger charge is -2.18. The van der Waals surface area contributed by atoms with E-state index >= 15 is 0 Å². The van der Waals surface area contributed by atoms with Crippen LogP contribution in [0, 0.1) is 11.3 Å². The molecule has 1 heterocycles. The van der Waals surface area contributed by atoms with Gasteiger partial charge < -0.3 is 9.64 Å². The van der Waals surface area contributed by atoms with E-state index in [0.717, 1.165) is 10.2 Å². The van der Waals surface area contributed by atoms with E-state index in [0.29, 0.717) is 11.6 Å². The Morgan fingerprint density at radius 1 is 1.45 bits per heavy atom. The summed E-state index contributed by atoms with van der Waals surface area (Å²) in [7, 11) is 3.35. The van der Waals surface area contributed by atoms with E-state index in [9.17, 15) is 4.79 Å². The highest BCUT2D eigenvalue weighted by Gasteiger charge is 2.10. The number of ether oxygens (including phenoxy) is 1. The largest absolute Gasteiger partial charge is 0.496 e. The van der Waals surface area contributed by atoms with E-state index in [-0.39, 0.29) is 5.69 Å². The van der Waals surface area contributed by atoms with Crippen LogP contribution in [-0.2, 0) is 0 Å². The van der Waals surface area contributed by atoms with Gasteiger partial charge >= 0.3 is 5.69 Å². The SMILES string of the molecule is COc1ccc(N(C)c2cc(C#N)[nH]c(=O)n2)cc1Br. The zero-order chi connectivity index (χ0) is 14.7.